The van der Waals surface area contributed by atoms with E-state index in [9.17, 15) is 4.79 Å². The van der Waals surface area contributed by atoms with Gasteiger partial charge in [-0.15, -0.1) is 10.2 Å². The van der Waals surface area contributed by atoms with Crippen LogP contribution in [-0.2, 0) is 9.47 Å². The fourth-order valence-electron chi connectivity index (χ4n) is 4.94. The number of aliphatic imine (C=N–C) groups is 1. The molecule has 9 nitrogen and oxygen atoms in total. The Balaban J connectivity index is 1.51. The largest absolute Gasteiger partial charge is 0.488 e. The number of allylic oxidation sites excluding steroid dienone is 1. The zero-order valence-electron chi connectivity index (χ0n) is 25.0. The summed E-state index contributed by atoms with van der Waals surface area (Å²) in [5.74, 6) is 0.196. The van der Waals surface area contributed by atoms with E-state index in [-0.39, 0.29) is 35.4 Å². The number of benzene rings is 1. The monoisotopic (exact) mass is 607 g/mol. The van der Waals surface area contributed by atoms with Crippen LogP contribution >= 0.6 is 22.9 Å². The molecule has 1 N–H and O–H groups in total. The van der Waals surface area contributed by atoms with Gasteiger partial charge in [-0.2, -0.15) is 0 Å². The Morgan fingerprint density at radius 2 is 2.02 bits per heavy atom. The van der Waals surface area contributed by atoms with Crippen LogP contribution < -0.4 is 10.1 Å². The van der Waals surface area contributed by atoms with E-state index in [4.69, 9.17) is 25.8 Å². The minimum absolute atomic E-state index is 0.0128. The number of rotatable bonds is 7. The predicted octanol–water partition coefficient (Wildman–Crippen LogP) is 6.92. The zero-order valence-corrected chi connectivity index (χ0v) is 26.6. The highest BCUT2D eigenvalue weighted by Crippen LogP contribution is 2.39. The lowest BCUT2D eigenvalue weighted by molar-refractivity contribution is -0.0760. The van der Waals surface area contributed by atoms with Gasteiger partial charge in [0.05, 0.1) is 17.2 Å². The lowest BCUT2D eigenvalue weighted by Crippen LogP contribution is -2.52. The van der Waals surface area contributed by atoms with Gasteiger partial charge in [-0.1, -0.05) is 22.9 Å². The van der Waals surface area contributed by atoms with Gasteiger partial charge in [0, 0.05) is 29.3 Å². The number of nitrogens with one attached hydrogen (secondary N) is 1. The smallest absolute Gasteiger partial charge is 0.413 e. The molecule has 3 atom stereocenters. The Labute approximate surface area is 250 Å². The third-order valence-electron chi connectivity index (χ3n) is 6.56. The number of aromatic nitrogens is 2. The molecule has 1 saturated heterocycles. The van der Waals surface area contributed by atoms with Crippen molar-refractivity contribution in [3.63, 3.8) is 0 Å². The first kappa shape index (κ1) is 31.2. The second kappa shape index (κ2) is 11.9. The van der Waals surface area contributed by atoms with E-state index < -0.39 is 29.3 Å². The van der Waals surface area contributed by atoms with E-state index in [0.29, 0.717) is 10.6 Å². The van der Waals surface area contributed by atoms with E-state index in [1.807, 2.05) is 19.9 Å². The summed E-state index contributed by atoms with van der Waals surface area (Å²) in [4.78, 5) is 19.1. The van der Waals surface area contributed by atoms with Crippen molar-refractivity contribution in [3.05, 3.63) is 39.9 Å². The van der Waals surface area contributed by atoms with Crippen LogP contribution in [0.15, 0.2) is 29.0 Å². The molecule has 1 aromatic heterocycles. The van der Waals surface area contributed by atoms with Crippen LogP contribution in [0.5, 0.6) is 5.75 Å². The van der Waals surface area contributed by atoms with Gasteiger partial charge in [-0.3, -0.25) is 4.90 Å². The Bertz CT molecular complexity index is 1350. The Hall–Kier alpha value is -2.76. The Morgan fingerprint density at radius 1 is 1.32 bits per heavy atom. The third kappa shape index (κ3) is 7.37. The number of halogens is 2. The molecule has 0 bridgehead atoms. The maximum absolute atomic E-state index is 15.3. The minimum Gasteiger partial charge on any atom is -0.488 e. The van der Waals surface area contributed by atoms with Crippen molar-refractivity contribution < 1.29 is 23.4 Å². The SMILES string of the molecule is CC1=NC(NC(C)C)=CC(c2nnc(-c3cc(F)c(OC[C@H]4[C@@H](C)OC(C)(C)N4C(=O)OC(C)(C)C)cc3Cl)s2)C1. The van der Waals surface area contributed by atoms with Crippen LogP contribution in [0.1, 0.15) is 79.7 Å². The second-order valence-corrected chi connectivity index (χ2v) is 13.6. The molecule has 4 rings (SSSR count). The summed E-state index contributed by atoms with van der Waals surface area (Å²) < 4.78 is 32.8. The molecule has 3 heterocycles. The van der Waals surface area contributed by atoms with Crippen molar-refractivity contribution in [2.24, 2.45) is 4.99 Å². The van der Waals surface area contributed by atoms with E-state index in [1.54, 1.807) is 34.6 Å². The summed E-state index contributed by atoms with van der Waals surface area (Å²) in [5, 5.41) is 13.6. The fraction of sp³-hybridized carbons (Fsp3) is 0.586. The highest BCUT2D eigenvalue weighted by Gasteiger charge is 2.50. The number of amides is 1. The van der Waals surface area contributed by atoms with Gasteiger partial charge >= 0.3 is 6.09 Å². The highest BCUT2D eigenvalue weighted by molar-refractivity contribution is 7.14. The van der Waals surface area contributed by atoms with Crippen LogP contribution in [0.2, 0.25) is 5.02 Å². The van der Waals surface area contributed by atoms with E-state index >= 15 is 4.39 Å². The molecule has 1 aromatic carbocycles. The summed E-state index contributed by atoms with van der Waals surface area (Å²) in [5.41, 5.74) is -0.176. The summed E-state index contributed by atoms with van der Waals surface area (Å²) in [6.07, 6.45) is 1.89. The normalized spacial score (nSPS) is 22.4. The molecule has 0 saturated carbocycles. The number of carbonyl (C=O) groups is 1. The average molecular weight is 608 g/mol. The third-order valence-corrected chi connectivity index (χ3v) is 7.96. The molecule has 0 radical (unpaired) electrons. The van der Waals surface area contributed by atoms with Gasteiger partial charge in [0.2, 0.25) is 0 Å². The van der Waals surface area contributed by atoms with Gasteiger partial charge in [0.25, 0.3) is 0 Å². The Kier molecular flexibility index (Phi) is 9.01. The number of hydrogen-bond donors (Lipinski definition) is 1. The van der Waals surface area contributed by atoms with Crippen molar-refractivity contribution in [1.29, 1.82) is 0 Å². The number of ether oxygens (including phenoxy) is 3. The van der Waals surface area contributed by atoms with Crippen molar-refractivity contribution >= 4 is 34.7 Å². The molecule has 0 aliphatic carbocycles. The molecule has 2 aliphatic heterocycles. The molecule has 1 amide bonds. The van der Waals surface area contributed by atoms with Gasteiger partial charge in [-0.05, 0) is 80.9 Å². The van der Waals surface area contributed by atoms with E-state index in [0.717, 1.165) is 23.0 Å². The van der Waals surface area contributed by atoms with Crippen molar-refractivity contribution in [3.8, 4) is 16.3 Å². The van der Waals surface area contributed by atoms with Crippen LogP contribution in [-0.4, -0.2) is 63.0 Å². The first-order chi connectivity index (χ1) is 19.0. The molecule has 12 heteroatoms. The standard InChI is InChI=1S/C29H39ClFN5O4S/c1-15(2)32-24-11-18(10-16(3)33-24)25-34-35-26(41-25)19-12-21(31)23(13-20(19)30)38-14-22-17(4)39-29(8,9)36(22)27(37)40-28(5,6)7/h11-13,15,17-18,22,32H,10,14H2,1-9H3/t17-,18?,22+/m1/s1. The first-order valence-corrected chi connectivity index (χ1v) is 14.9. The van der Waals surface area contributed by atoms with Gasteiger partial charge < -0.3 is 19.5 Å². The average Bonchev–Trinajstić information content (AvgIpc) is 3.39. The van der Waals surface area contributed by atoms with Crippen LogP contribution in [0.3, 0.4) is 0 Å². The molecular formula is C29H39ClFN5O4S. The summed E-state index contributed by atoms with van der Waals surface area (Å²) in [6.45, 7) is 16.9. The lowest BCUT2D eigenvalue weighted by Gasteiger charge is -2.35. The predicted molar refractivity (Wildman–Crippen MR) is 159 cm³/mol. The zero-order chi connectivity index (χ0) is 30.3. The van der Waals surface area contributed by atoms with Gasteiger partial charge in [0.1, 0.15) is 33.8 Å². The summed E-state index contributed by atoms with van der Waals surface area (Å²) >= 11 is 7.97. The van der Waals surface area contributed by atoms with E-state index in [1.165, 1.54) is 28.4 Å². The van der Waals surface area contributed by atoms with Gasteiger partial charge in [-0.25, -0.2) is 14.2 Å². The molecule has 224 valence electrons. The number of nitrogens with zero attached hydrogens (tertiary/aromatic N) is 4. The molecule has 2 aliphatic rings. The molecule has 0 spiro atoms. The van der Waals surface area contributed by atoms with Gasteiger partial charge in [0.15, 0.2) is 11.6 Å². The maximum atomic E-state index is 15.3. The highest BCUT2D eigenvalue weighted by atomic mass is 35.5. The topological polar surface area (TPSA) is 98.2 Å². The van der Waals surface area contributed by atoms with Crippen LogP contribution in [0, 0.1) is 5.82 Å². The molecule has 41 heavy (non-hydrogen) atoms. The Morgan fingerprint density at radius 3 is 2.68 bits per heavy atom. The first-order valence-electron chi connectivity index (χ1n) is 13.7. The molecule has 1 unspecified atom stereocenters. The molecule has 2 aromatic rings. The van der Waals surface area contributed by atoms with Crippen molar-refractivity contribution in [2.45, 2.75) is 104 Å². The minimum atomic E-state index is -0.922. The molecule has 1 fully saturated rings. The number of hydrogen-bond acceptors (Lipinski definition) is 9. The van der Waals surface area contributed by atoms with Crippen molar-refractivity contribution in [1.82, 2.24) is 20.4 Å². The molecular weight excluding hydrogens is 569 g/mol. The van der Waals surface area contributed by atoms with E-state index in [2.05, 4.69) is 34.4 Å². The lowest BCUT2D eigenvalue weighted by atomic mass is 10.0. The summed E-state index contributed by atoms with van der Waals surface area (Å²) in [6, 6.07) is 2.48. The van der Waals surface area contributed by atoms with Crippen molar-refractivity contribution in [2.75, 3.05) is 6.61 Å². The fourth-order valence-corrected chi connectivity index (χ4v) is 6.18. The number of carbonyl (C=O) groups excluding carboxylic acids is 1. The van der Waals surface area contributed by atoms with Crippen LogP contribution in [0.25, 0.3) is 10.6 Å². The summed E-state index contributed by atoms with van der Waals surface area (Å²) in [7, 11) is 0. The quantitative estimate of drug-likeness (QED) is 0.365. The maximum Gasteiger partial charge on any atom is 0.413 e. The van der Waals surface area contributed by atoms with Crippen LogP contribution in [0.4, 0.5) is 9.18 Å². The second-order valence-electron chi connectivity index (χ2n) is 12.2.